The number of hydrogen-bond acceptors (Lipinski definition) is 3. The summed E-state index contributed by atoms with van der Waals surface area (Å²) in [5, 5.41) is 13.4. The Bertz CT molecular complexity index is 466. The zero-order valence-corrected chi connectivity index (χ0v) is 11.6. The van der Waals surface area contributed by atoms with Crippen LogP contribution in [0, 0.1) is 10.1 Å². The molecule has 0 aliphatic rings. The molecule has 0 aliphatic heterocycles. The molecular formula is C11H12BrF3N2O2. The van der Waals surface area contributed by atoms with Gasteiger partial charge >= 0.3 is 6.18 Å². The molecule has 0 heterocycles. The number of nitro benzene ring substituents is 1. The summed E-state index contributed by atoms with van der Waals surface area (Å²) in [6.45, 7) is 1.54. The lowest BCUT2D eigenvalue weighted by atomic mass is 10.1. The Morgan fingerprint density at radius 2 is 2.11 bits per heavy atom. The molecule has 0 fully saturated rings. The highest BCUT2D eigenvalue weighted by atomic mass is 79.9. The van der Waals surface area contributed by atoms with Crippen LogP contribution < -0.4 is 5.32 Å². The van der Waals surface area contributed by atoms with Gasteiger partial charge in [0.1, 0.15) is 0 Å². The van der Waals surface area contributed by atoms with E-state index in [1.807, 2.05) is 0 Å². The van der Waals surface area contributed by atoms with E-state index in [9.17, 15) is 23.3 Å². The molecule has 0 aromatic heterocycles. The number of alkyl halides is 3. The van der Waals surface area contributed by atoms with Crippen molar-refractivity contribution in [3.8, 4) is 0 Å². The van der Waals surface area contributed by atoms with Crippen LogP contribution in [0.5, 0.6) is 0 Å². The maximum absolute atomic E-state index is 12.1. The molecule has 0 saturated carbocycles. The fraction of sp³-hybridized carbons (Fsp3) is 0.455. The van der Waals surface area contributed by atoms with E-state index in [0.717, 1.165) is 0 Å². The SMILES string of the molecule is CC(CC(F)(F)F)NCc1cccc([N+](=O)[O-])c1Br. The van der Waals surface area contributed by atoms with Crippen molar-refractivity contribution < 1.29 is 18.1 Å². The smallest absolute Gasteiger partial charge is 0.310 e. The molecule has 1 atom stereocenters. The molecule has 1 aromatic rings. The van der Waals surface area contributed by atoms with E-state index in [-0.39, 0.29) is 16.7 Å². The van der Waals surface area contributed by atoms with Gasteiger partial charge in [-0.05, 0) is 28.4 Å². The lowest BCUT2D eigenvalue weighted by Gasteiger charge is -2.16. The van der Waals surface area contributed by atoms with Crippen LogP contribution in [0.25, 0.3) is 0 Å². The number of nitrogens with one attached hydrogen (secondary N) is 1. The van der Waals surface area contributed by atoms with Crippen molar-refractivity contribution in [2.45, 2.75) is 32.1 Å². The average Bonchev–Trinajstić information content (AvgIpc) is 2.24. The largest absolute Gasteiger partial charge is 0.390 e. The molecular weight excluding hydrogens is 329 g/mol. The van der Waals surface area contributed by atoms with Gasteiger partial charge in [-0.15, -0.1) is 0 Å². The lowest BCUT2D eigenvalue weighted by molar-refractivity contribution is -0.385. The Kier molecular flexibility index (Phi) is 5.30. The molecule has 0 saturated heterocycles. The molecule has 1 aromatic carbocycles. The molecule has 1 rings (SSSR count). The standard InChI is InChI=1S/C11H12BrF3N2O2/c1-7(5-11(13,14)15)16-6-8-3-2-4-9(10(8)12)17(18)19/h2-4,7,16H,5-6H2,1H3. The molecule has 19 heavy (non-hydrogen) atoms. The topological polar surface area (TPSA) is 55.2 Å². The summed E-state index contributed by atoms with van der Waals surface area (Å²) in [4.78, 5) is 10.2. The van der Waals surface area contributed by atoms with Crippen molar-refractivity contribution in [1.29, 1.82) is 0 Å². The predicted octanol–water partition coefficient (Wildman–Crippen LogP) is 3.79. The van der Waals surface area contributed by atoms with Gasteiger partial charge in [0, 0.05) is 18.7 Å². The van der Waals surface area contributed by atoms with Crippen LogP contribution in [0.4, 0.5) is 18.9 Å². The minimum absolute atomic E-state index is 0.109. The van der Waals surface area contributed by atoms with Gasteiger partial charge in [0.2, 0.25) is 0 Å². The van der Waals surface area contributed by atoms with Crippen molar-refractivity contribution >= 4 is 21.6 Å². The van der Waals surface area contributed by atoms with Crippen LogP contribution in [0.2, 0.25) is 0 Å². The van der Waals surface area contributed by atoms with Gasteiger partial charge in [0.05, 0.1) is 15.8 Å². The average molecular weight is 341 g/mol. The third-order valence-corrected chi connectivity index (χ3v) is 3.35. The zero-order valence-electron chi connectivity index (χ0n) is 10.00. The second-order valence-electron chi connectivity index (χ2n) is 4.11. The van der Waals surface area contributed by atoms with E-state index in [0.29, 0.717) is 5.56 Å². The van der Waals surface area contributed by atoms with Crippen LogP contribution >= 0.6 is 15.9 Å². The minimum Gasteiger partial charge on any atom is -0.310 e. The fourth-order valence-electron chi connectivity index (χ4n) is 1.55. The van der Waals surface area contributed by atoms with Crippen molar-refractivity contribution in [1.82, 2.24) is 5.32 Å². The Morgan fingerprint density at radius 1 is 1.47 bits per heavy atom. The Balaban J connectivity index is 2.68. The normalized spacial score (nSPS) is 13.3. The van der Waals surface area contributed by atoms with Crippen molar-refractivity contribution in [2.24, 2.45) is 0 Å². The van der Waals surface area contributed by atoms with Gasteiger partial charge in [0.15, 0.2) is 0 Å². The first kappa shape index (κ1) is 15.9. The number of nitrogens with zero attached hydrogens (tertiary/aromatic N) is 1. The molecule has 0 radical (unpaired) electrons. The Labute approximate surface area is 116 Å². The maximum atomic E-state index is 12.1. The monoisotopic (exact) mass is 340 g/mol. The van der Waals surface area contributed by atoms with Gasteiger partial charge in [-0.2, -0.15) is 13.2 Å². The van der Waals surface area contributed by atoms with Gasteiger partial charge in [-0.3, -0.25) is 10.1 Å². The molecule has 0 aliphatic carbocycles. The third kappa shape index (κ3) is 5.15. The van der Waals surface area contributed by atoms with Crippen LogP contribution in [0.15, 0.2) is 22.7 Å². The van der Waals surface area contributed by atoms with Crippen LogP contribution in [-0.2, 0) is 6.54 Å². The quantitative estimate of drug-likeness (QED) is 0.655. The van der Waals surface area contributed by atoms with Gasteiger partial charge in [-0.1, -0.05) is 12.1 Å². The summed E-state index contributed by atoms with van der Waals surface area (Å²) < 4.78 is 36.7. The number of halogens is 4. The number of benzene rings is 1. The minimum atomic E-state index is -4.23. The fourth-order valence-corrected chi connectivity index (χ4v) is 2.10. The summed E-state index contributed by atoms with van der Waals surface area (Å²) in [7, 11) is 0. The molecule has 1 unspecified atom stereocenters. The first-order chi connectivity index (χ1) is 8.70. The lowest BCUT2D eigenvalue weighted by Crippen LogP contribution is -2.30. The summed E-state index contributed by atoms with van der Waals surface area (Å²) in [5.41, 5.74) is 0.436. The molecule has 0 amide bonds. The highest BCUT2D eigenvalue weighted by Crippen LogP contribution is 2.28. The summed E-state index contributed by atoms with van der Waals surface area (Å²) >= 11 is 3.09. The Morgan fingerprint density at radius 3 is 2.63 bits per heavy atom. The molecule has 8 heteroatoms. The van der Waals surface area contributed by atoms with Crippen molar-refractivity contribution in [3.05, 3.63) is 38.3 Å². The summed E-state index contributed by atoms with van der Waals surface area (Å²) in [6, 6.07) is 3.68. The second-order valence-corrected chi connectivity index (χ2v) is 4.90. The van der Waals surface area contributed by atoms with E-state index >= 15 is 0 Å². The highest BCUT2D eigenvalue weighted by Gasteiger charge is 2.29. The summed E-state index contributed by atoms with van der Waals surface area (Å²) in [5.74, 6) is 0. The van der Waals surface area contributed by atoms with Crippen LogP contribution in [0.3, 0.4) is 0 Å². The predicted molar refractivity (Wildman–Crippen MR) is 67.8 cm³/mol. The number of nitro groups is 1. The second kappa shape index (κ2) is 6.33. The third-order valence-electron chi connectivity index (χ3n) is 2.43. The molecule has 1 N–H and O–H groups in total. The maximum Gasteiger partial charge on any atom is 0.390 e. The van der Waals surface area contributed by atoms with E-state index in [1.165, 1.54) is 19.1 Å². The number of rotatable bonds is 5. The van der Waals surface area contributed by atoms with Crippen LogP contribution in [0.1, 0.15) is 18.9 Å². The van der Waals surface area contributed by atoms with Crippen molar-refractivity contribution in [2.75, 3.05) is 0 Å². The zero-order chi connectivity index (χ0) is 14.6. The first-order valence-electron chi connectivity index (χ1n) is 5.42. The molecule has 0 spiro atoms. The van der Waals surface area contributed by atoms with E-state index < -0.39 is 23.6 Å². The van der Waals surface area contributed by atoms with Crippen molar-refractivity contribution in [3.63, 3.8) is 0 Å². The van der Waals surface area contributed by atoms with E-state index in [4.69, 9.17) is 0 Å². The number of hydrogen-bond donors (Lipinski definition) is 1. The van der Waals surface area contributed by atoms with Gasteiger partial charge in [0.25, 0.3) is 5.69 Å². The van der Waals surface area contributed by atoms with E-state index in [1.54, 1.807) is 6.07 Å². The van der Waals surface area contributed by atoms with Crippen LogP contribution in [-0.4, -0.2) is 17.1 Å². The Hall–Kier alpha value is -1.15. The first-order valence-corrected chi connectivity index (χ1v) is 6.22. The molecule has 106 valence electrons. The molecule has 4 nitrogen and oxygen atoms in total. The highest BCUT2D eigenvalue weighted by molar-refractivity contribution is 9.10. The van der Waals surface area contributed by atoms with E-state index in [2.05, 4.69) is 21.2 Å². The van der Waals surface area contributed by atoms with Gasteiger partial charge in [-0.25, -0.2) is 0 Å². The molecule has 0 bridgehead atoms. The summed E-state index contributed by atoms with van der Waals surface area (Å²) in [6.07, 6.45) is -5.17. The van der Waals surface area contributed by atoms with Gasteiger partial charge < -0.3 is 5.32 Å².